The van der Waals surface area contributed by atoms with Crippen molar-refractivity contribution in [1.29, 1.82) is 0 Å². The number of carbonyl (C=O) groups excluding carboxylic acids is 3. The van der Waals surface area contributed by atoms with Crippen LogP contribution in [0.3, 0.4) is 0 Å². The lowest BCUT2D eigenvalue weighted by molar-refractivity contribution is -0.175. The first kappa shape index (κ1) is 37.0. The fourth-order valence-corrected chi connectivity index (χ4v) is 7.17. The SMILES string of the molecule is C=CC(=O)OCCCCCOC1CCC(C(=O)OC2CCC(OC(=O)C3CCC(CCCCCCC)CC3)C(C(=O)O)C2)CC1. The molecule has 9 heteroatoms. The number of carboxylic acids is 1. The van der Waals surface area contributed by atoms with Crippen molar-refractivity contribution in [2.24, 2.45) is 23.7 Å². The Bertz CT molecular complexity index is 917. The Kier molecular flexibility index (Phi) is 17.0. The van der Waals surface area contributed by atoms with Crippen LogP contribution < -0.4 is 0 Å². The van der Waals surface area contributed by atoms with Crippen LogP contribution in [0, 0.1) is 23.7 Å². The molecule has 3 saturated carbocycles. The van der Waals surface area contributed by atoms with E-state index in [1.807, 2.05) is 0 Å². The lowest BCUT2D eigenvalue weighted by atomic mass is 9.79. The van der Waals surface area contributed by atoms with E-state index in [2.05, 4.69) is 13.5 Å². The molecule has 3 rings (SSSR count). The van der Waals surface area contributed by atoms with Crippen LogP contribution in [0.2, 0.25) is 0 Å². The van der Waals surface area contributed by atoms with E-state index in [1.165, 1.54) is 38.5 Å². The molecule has 0 aliphatic heterocycles. The van der Waals surface area contributed by atoms with Crippen molar-refractivity contribution in [2.75, 3.05) is 13.2 Å². The highest BCUT2D eigenvalue weighted by Crippen LogP contribution is 2.36. The molecular formula is C36H58O9. The molecule has 0 amide bonds. The van der Waals surface area contributed by atoms with Gasteiger partial charge in [-0.05, 0) is 89.4 Å². The number of carboxylic acid groups (broad SMARTS) is 1. The third-order valence-corrected chi connectivity index (χ3v) is 10.1. The summed E-state index contributed by atoms with van der Waals surface area (Å²) in [7, 11) is 0. The molecule has 0 aromatic carbocycles. The van der Waals surface area contributed by atoms with Gasteiger partial charge in [-0.15, -0.1) is 0 Å². The summed E-state index contributed by atoms with van der Waals surface area (Å²) in [4.78, 5) is 49.1. The molecule has 256 valence electrons. The Balaban J connectivity index is 1.30. The zero-order valence-corrected chi connectivity index (χ0v) is 27.6. The Morgan fingerprint density at radius 2 is 1.31 bits per heavy atom. The highest BCUT2D eigenvalue weighted by atomic mass is 16.6. The first-order valence-electron chi connectivity index (χ1n) is 17.8. The topological polar surface area (TPSA) is 125 Å². The Morgan fingerprint density at radius 3 is 1.98 bits per heavy atom. The van der Waals surface area contributed by atoms with Gasteiger partial charge in [0.2, 0.25) is 0 Å². The predicted octanol–water partition coefficient (Wildman–Crippen LogP) is 7.34. The summed E-state index contributed by atoms with van der Waals surface area (Å²) in [5.41, 5.74) is 0. The number of rotatable bonds is 19. The van der Waals surface area contributed by atoms with Crippen molar-refractivity contribution in [2.45, 2.75) is 154 Å². The van der Waals surface area contributed by atoms with E-state index < -0.39 is 30.1 Å². The molecule has 0 radical (unpaired) electrons. The molecule has 0 aromatic heterocycles. The summed E-state index contributed by atoms with van der Waals surface area (Å²) < 4.78 is 22.6. The molecule has 3 unspecified atom stereocenters. The van der Waals surface area contributed by atoms with E-state index in [-0.39, 0.29) is 36.3 Å². The molecule has 3 fully saturated rings. The summed E-state index contributed by atoms with van der Waals surface area (Å²) in [6.45, 7) is 6.63. The lowest BCUT2D eigenvalue weighted by Crippen LogP contribution is -2.42. The van der Waals surface area contributed by atoms with Crippen LogP contribution in [-0.4, -0.2) is 60.5 Å². The first-order chi connectivity index (χ1) is 21.8. The fourth-order valence-electron chi connectivity index (χ4n) is 7.17. The molecule has 0 aromatic rings. The molecule has 3 aliphatic rings. The Labute approximate surface area is 270 Å². The first-order valence-corrected chi connectivity index (χ1v) is 17.8. The average Bonchev–Trinajstić information content (AvgIpc) is 3.05. The van der Waals surface area contributed by atoms with Crippen molar-refractivity contribution in [1.82, 2.24) is 0 Å². The van der Waals surface area contributed by atoms with Crippen molar-refractivity contribution < 1.29 is 43.2 Å². The Morgan fingerprint density at radius 1 is 0.711 bits per heavy atom. The maximum Gasteiger partial charge on any atom is 0.330 e. The largest absolute Gasteiger partial charge is 0.481 e. The average molecular weight is 635 g/mol. The van der Waals surface area contributed by atoms with Crippen molar-refractivity contribution in [3.63, 3.8) is 0 Å². The molecule has 0 saturated heterocycles. The second-order valence-corrected chi connectivity index (χ2v) is 13.5. The summed E-state index contributed by atoms with van der Waals surface area (Å²) in [5.74, 6) is -2.43. The predicted molar refractivity (Wildman–Crippen MR) is 170 cm³/mol. The summed E-state index contributed by atoms with van der Waals surface area (Å²) in [6.07, 6.45) is 18.2. The molecular weight excluding hydrogens is 576 g/mol. The van der Waals surface area contributed by atoms with Crippen LogP contribution in [0.4, 0.5) is 0 Å². The molecule has 45 heavy (non-hydrogen) atoms. The van der Waals surface area contributed by atoms with Crippen molar-refractivity contribution >= 4 is 23.9 Å². The molecule has 0 heterocycles. The number of aliphatic carboxylic acids is 1. The lowest BCUT2D eigenvalue weighted by Gasteiger charge is -2.35. The third-order valence-electron chi connectivity index (χ3n) is 10.1. The highest BCUT2D eigenvalue weighted by molar-refractivity contribution is 5.81. The van der Waals surface area contributed by atoms with Crippen molar-refractivity contribution in [3.05, 3.63) is 12.7 Å². The third kappa shape index (κ3) is 13.5. The van der Waals surface area contributed by atoms with Crippen LogP contribution in [0.15, 0.2) is 12.7 Å². The van der Waals surface area contributed by atoms with Gasteiger partial charge in [-0.3, -0.25) is 14.4 Å². The molecule has 3 aliphatic carbocycles. The van der Waals surface area contributed by atoms with Crippen LogP contribution in [0.1, 0.15) is 135 Å². The summed E-state index contributed by atoms with van der Waals surface area (Å²) >= 11 is 0. The van der Waals surface area contributed by atoms with E-state index in [0.29, 0.717) is 44.8 Å². The van der Waals surface area contributed by atoms with Gasteiger partial charge in [0.1, 0.15) is 12.2 Å². The summed E-state index contributed by atoms with van der Waals surface area (Å²) in [6, 6.07) is 0. The van der Waals surface area contributed by atoms with E-state index in [4.69, 9.17) is 18.9 Å². The van der Waals surface area contributed by atoms with E-state index in [1.54, 1.807) is 0 Å². The molecule has 0 spiro atoms. The van der Waals surface area contributed by atoms with E-state index in [9.17, 15) is 24.3 Å². The monoisotopic (exact) mass is 634 g/mol. The summed E-state index contributed by atoms with van der Waals surface area (Å²) in [5, 5.41) is 9.93. The minimum atomic E-state index is -1.00. The minimum Gasteiger partial charge on any atom is -0.481 e. The Hall–Kier alpha value is -2.42. The van der Waals surface area contributed by atoms with Crippen LogP contribution in [-0.2, 0) is 38.1 Å². The van der Waals surface area contributed by atoms with Crippen molar-refractivity contribution in [3.8, 4) is 0 Å². The van der Waals surface area contributed by atoms with Gasteiger partial charge in [0, 0.05) is 19.1 Å². The van der Waals surface area contributed by atoms with E-state index >= 15 is 0 Å². The number of esters is 3. The molecule has 3 atom stereocenters. The second-order valence-electron chi connectivity index (χ2n) is 13.5. The molecule has 9 nitrogen and oxygen atoms in total. The number of ether oxygens (including phenoxy) is 4. The highest BCUT2D eigenvalue weighted by Gasteiger charge is 2.41. The quantitative estimate of drug-likeness (QED) is 0.0672. The van der Waals surface area contributed by atoms with Gasteiger partial charge in [-0.2, -0.15) is 0 Å². The molecule has 0 bridgehead atoms. The van der Waals surface area contributed by atoms with Gasteiger partial charge in [0.15, 0.2) is 0 Å². The number of unbranched alkanes of at least 4 members (excludes halogenated alkanes) is 6. The van der Waals surface area contributed by atoms with Gasteiger partial charge in [-0.1, -0.05) is 52.0 Å². The van der Waals surface area contributed by atoms with Crippen LogP contribution >= 0.6 is 0 Å². The number of hydrogen-bond acceptors (Lipinski definition) is 8. The zero-order valence-electron chi connectivity index (χ0n) is 27.6. The normalized spacial score (nSPS) is 28.5. The zero-order chi connectivity index (χ0) is 32.4. The van der Waals surface area contributed by atoms with Crippen LogP contribution in [0.5, 0.6) is 0 Å². The van der Waals surface area contributed by atoms with Crippen LogP contribution in [0.25, 0.3) is 0 Å². The van der Waals surface area contributed by atoms with Gasteiger partial charge in [0.25, 0.3) is 0 Å². The maximum absolute atomic E-state index is 13.0. The van der Waals surface area contributed by atoms with Gasteiger partial charge in [0.05, 0.1) is 30.5 Å². The standard InChI is InChI=1S/C36H58O9/c1-3-5-6-7-9-12-26-13-15-27(16-14-26)36(41)45-32-22-21-30(25-31(32)34(38)39)44-35(40)28-17-19-29(20-18-28)42-23-10-8-11-24-43-33(37)4-2/h4,26-32H,2-3,5-25H2,1H3,(H,38,39). The minimum absolute atomic E-state index is 0.125. The second kappa shape index (κ2) is 20.7. The fraction of sp³-hybridized carbons (Fsp3) is 0.833. The smallest absolute Gasteiger partial charge is 0.330 e. The number of hydrogen-bond donors (Lipinski definition) is 1. The van der Waals surface area contributed by atoms with Gasteiger partial charge >= 0.3 is 23.9 Å². The van der Waals surface area contributed by atoms with Gasteiger partial charge < -0.3 is 24.1 Å². The molecule has 1 N–H and O–H groups in total. The maximum atomic E-state index is 13.0. The number of carbonyl (C=O) groups is 4. The van der Waals surface area contributed by atoms with E-state index in [0.717, 1.165) is 63.9 Å². The van der Waals surface area contributed by atoms with Gasteiger partial charge in [-0.25, -0.2) is 4.79 Å².